The molecule has 0 amide bonds. The van der Waals surface area contributed by atoms with E-state index < -0.39 is 5.60 Å². The smallest absolute Gasteiger partial charge is 0.213 e. The predicted molar refractivity (Wildman–Crippen MR) is 131 cm³/mol. The zero-order valence-electron chi connectivity index (χ0n) is 20.2. The van der Waals surface area contributed by atoms with Crippen LogP contribution < -0.4 is 4.74 Å². The number of methoxy groups -OCH3 is 1. The molecule has 1 aromatic carbocycles. The van der Waals surface area contributed by atoms with Gasteiger partial charge in [-0.05, 0) is 86.9 Å². The van der Waals surface area contributed by atoms with Crippen LogP contribution in [0.3, 0.4) is 0 Å². The Kier molecular flexibility index (Phi) is 5.58. The first-order chi connectivity index (χ1) is 16.5. The van der Waals surface area contributed by atoms with Crippen molar-refractivity contribution < 1.29 is 14.9 Å². The summed E-state index contributed by atoms with van der Waals surface area (Å²) in [6.07, 6.45) is 7.10. The summed E-state index contributed by atoms with van der Waals surface area (Å²) in [5.74, 6) is 1.79. The molecule has 3 atom stereocenters. The van der Waals surface area contributed by atoms with Crippen LogP contribution in [0, 0.1) is 5.92 Å². The van der Waals surface area contributed by atoms with Crippen molar-refractivity contribution in [3.63, 3.8) is 0 Å². The van der Waals surface area contributed by atoms with Gasteiger partial charge < -0.3 is 19.8 Å². The number of benzene rings is 1. The molecule has 2 aromatic rings. The molecule has 2 bridgehead atoms. The van der Waals surface area contributed by atoms with Gasteiger partial charge in [0.2, 0.25) is 5.88 Å². The summed E-state index contributed by atoms with van der Waals surface area (Å²) in [5.41, 5.74) is 2.52. The van der Waals surface area contributed by atoms with Gasteiger partial charge in [0, 0.05) is 49.3 Å². The number of piperidine rings is 1. The molecule has 4 aliphatic rings. The van der Waals surface area contributed by atoms with Crippen molar-refractivity contribution in [1.82, 2.24) is 14.8 Å². The van der Waals surface area contributed by atoms with Gasteiger partial charge in [-0.1, -0.05) is 12.1 Å². The Bertz CT molecular complexity index is 1060. The van der Waals surface area contributed by atoms with Crippen molar-refractivity contribution in [2.45, 2.75) is 62.0 Å². The SMILES string of the molecule is COc1cccc(CCN2CC[C@]34CCN(CC5CC5)C(Cc5ccc(O)cc53)[C@]4(O)CC2)n1. The highest BCUT2D eigenvalue weighted by atomic mass is 16.5. The van der Waals surface area contributed by atoms with E-state index in [2.05, 4.69) is 26.9 Å². The molecule has 182 valence electrons. The summed E-state index contributed by atoms with van der Waals surface area (Å²) in [7, 11) is 1.66. The Labute approximate surface area is 202 Å². The second-order valence-electron chi connectivity index (χ2n) is 11.0. The summed E-state index contributed by atoms with van der Waals surface area (Å²) in [5, 5.41) is 23.0. The van der Waals surface area contributed by atoms with E-state index in [9.17, 15) is 10.2 Å². The number of pyridine rings is 1. The van der Waals surface area contributed by atoms with Gasteiger partial charge >= 0.3 is 0 Å². The van der Waals surface area contributed by atoms with Crippen LogP contribution in [0.4, 0.5) is 0 Å². The number of phenolic OH excluding ortho intramolecular Hbond substituents is 1. The van der Waals surface area contributed by atoms with Crippen molar-refractivity contribution in [3.05, 3.63) is 53.2 Å². The summed E-state index contributed by atoms with van der Waals surface area (Å²) in [6.45, 7) is 4.95. The molecule has 3 fully saturated rings. The monoisotopic (exact) mass is 463 g/mol. The molecular weight excluding hydrogens is 426 g/mol. The molecule has 2 N–H and O–H groups in total. The largest absolute Gasteiger partial charge is 0.508 e. The minimum Gasteiger partial charge on any atom is -0.508 e. The van der Waals surface area contributed by atoms with Crippen LogP contribution in [0.25, 0.3) is 0 Å². The molecule has 2 saturated heterocycles. The fraction of sp³-hybridized carbons (Fsp3) is 0.607. The molecule has 1 unspecified atom stereocenters. The zero-order chi connectivity index (χ0) is 23.3. The third kappa shape index (κ3) is 3.71. The van der Waals surface area contributed by atoms with Crippen LogP contribution in [0.15, 0.2) is 36.4 Å². The van der Waals surface area contributed by atoms with Crippen LogP contribution in [0.5, 0.6) is 11.6 Å². The summed E-state index contributed by atoms with van der Waals surface area (Å²) < 4.78 is 5.29. The molecule has 34 heavy (non-hydrogen) atoms. The summed E-state index contributed by atoms with van der Waals surface area (Å²) in [6, 6.07) is 12.0. The fourth-order valence-corrected chi connectivity index (χ4v) is 7.12. The lowest BCUT2D eigenvalue weighted by Crippen LogP contribution is -2.71. The average Bonchev–Trinajstić information content (AvgIpc) is 3.67. The Morgan fingerprint density at radius 2 is 1.91 bits per heavy atom. The number of aliphatic hydroxyl groups is 1. The van der Waals surface area contributed by atoms with Crippen molar-refractivity contribution >= 4 is 0 Å². The van der Waals surface area contributed by atoms with Gasteiger partial charge in [-0.2, -0.15) is 0 Å². The number of nitrogens with zero attached hydrogens (tertiary/aromatic N) is 3. The van der Waals surface area contributed by atoms with Crippen molar-refractivity contribution in [1.29, 1.82) is 0 Å². The molecule has 1 aromatic heterocycles. The second-order valence-corrected chi connectivity index (χ2v) is 11.0. The van der Waals surface area contributed by atoms with E-state index in [1.807, 2.05) is 24.3 Å². The van der Waals surface area contributed by atoms with Gasteiger partial charge in [0.25, 0.3) is 0 Å². The zero-order valence-corrected chi connectivity index (χ0v) is 20.2. The first kappa shape index (κ1) is 22.3. The van der Waals surface area contributed by atoms with Crippen LogP contribution in [0.2, 0.25) is 0 Å². The highest BCUT2D eigenvalue weighted by Crippen LogP contribution is 2.56. The molecular formula is C28H37N3O3. The van der Waals surface area contributed by atoms with Crippen molar-refractivity contribution in [2.24, 2.45) is 5.92 Å². The van der Waals surface area contributed by atoms with Crippen LogP contribution in [-0.2, 0) is 18.3 Å². The third-order valence-electron chi connectivity index (χ3n) is 9.20. The van der Waals surface area contributed by atoms with Gasteiger partial charge in [0.15, 0.2) is 0 Å². The quantitative estimate of drug-likeness (QED) is 0.686. The number of aromatic nitrogens is 1. The summed E-state index contributed by atoms with van der Waals surface area (Å²) in [4.78, 5) is 9.71. The number of hydrogen-bond acceptors (Lipinski definition) is 6. The molecule has 2 aliphatic carbocycles. The number of aromatic hydroxyl groups is 1. The Balaban J connectivity index is 1.28. The van der Waals surface area contributed by atoms with E-state index in [0.717, 1.165) is 76.4 Å². The number of phenols is 1. The number of rotatable bonds is 6. The third-order valence-corrected chi connectivity index (χ3v) is 9.20. The maximum Gasteiger partial charge on any atom is 0.213 e. The number of ether oxygens (including phenoxy) is 1. The Morgan fingerprint density at radius 1 is 1.09 bits per heavy atom. The van der Waals surface area contributed by atoms with E-state index in [1.165, 1.54) is 24.0 Å². The lowest BCUT2D eigenvalue weighted by molar-refractivity contribution is -0.149. The van der Waals surface area contributed by atoms with Gasteiger partial charge in [0.1, 0.15) is 5.75 Å². The highest BCUT2D eigenvalue weighted by molar-refractivity contribution is 5.48. The van der Waals surface area contributed by atoms with E-state index in [4.69, 9.17) is 4.74 Å². The van der Waals surface area contributed by atoms with Crippen LogP contribution in [0.1, 0.15) is 48.9 Å². The molecule has 1 saturated carbocycles. The minimum absolute atomic E-state index is 0.166. The van der Waals surface area contributed by atoms with Crippen molar-refractivity contribution in [2.75, 3.05) is 39.8 Å². The molecule has 6 heteroatoms. The maximum absolute atomic E-state index is 12.6. The molecule has 6 nitrogen and oxygen atoms in total. The first-order valence-electron chi connectivity index (χ1n) is 13.0. The first-order valence-corrected chi connectivity index (χ1v) is 13.0. The fourth-order valence-electron chi connectivity index (χ4n) is 7.12. The van der Waals surface area contributed by atoms with E-state index >= 15 is 0 Å². The Morgan fingerprint density at radius 3 is 2.74 bits per heavy atom. The predicted octanol–water partition coefficient (Wildman–Crippen LogP) is 3.14. The van der Waals surface area contributed by atoms with Crippen LogP contribution in [-0.4, -0.2) is 76.5 Å². The lowest BCUT2D eigenvalue weighted by Gasteiger charge is -2.61. The van der Waals surface area contributed by atoms with Gasteiger partial charge in [0.05, 0.1) is 12.7 Å². The van der Waals surface area contributed by atoms with Crippen molar-refractivity contribution in [3.8, 4) is 11.6 Å². The number of hydrogen-bond donors (Lipinski definition) is 2. The van der Waals surface area contributed by atoms with E-state index in [-0.39, 0.29) is 11.5 Å². The minimum atomic E-state index is -0.760. The van der Waals surface area contributed by atoms with Gasteiger partial charge in [-0.25, -0.2) is 4.98 Å². The molecule has 0 radical (unpaired) electrons. The normalized spacial score (nSPS) is 31.4. The number of likely N-dealkylation sites (tertiary alicyclic amines) is 2. The maximum atomic E-state index is 12.6. The molecule has 2 aliphatic heterocycles. The van der Waals surface area contributed by atoms with E-state index in [1.54, 1.807) is 7.11 Å². The second kappa shape index (κ2) is 8.51. The van der Waals surface area contributed by atoms with Gasteiger partial charge in [-0.3, -0.25) is 4.90 Å². The molecule has 3 heterocycles. The highest BCUT2D eigenvalue weighted by Gasteiger charge is 2.63. The Hall–Kier alpha value is -2.15. The standard InChI is InChI=1S/C28H37N3O3/c1-34-26-4-2-3-22(29-26)9-13-30-14-10-27-11-16-31(19-20-5-6-20)25(28(27,33)12-15-30)17-21-7-8-23(32)18-24(21)27/h2-4,7-8,18,20,25,32-33H,5-6,9-17,19H2,1H3/t25?,27-,28+/m0/s1. The van der Waals surface area contributed by atoms with Crippen LogP contribution >= 0.6 is 0 Å². The van der Waals surface area contributed by atoms with E-state index in [0.29, 0.717) is 11.6 Å². The lowest BCUT2D eigenvalue weighted by atomic mass is 9.52. The van der Waals surface area contributed by atoms with Gasteiger partial charge in [-0.15, -0.1) is 0 Å². The molecule has 0 spiro atoms. The molecule has 6 rings (SSSR count). The summed E-state index contributed by atoms with van der Waals surface area (Å²) >= 11 is 0. The average molecular weight is 464 g/mol. The topological polar surface area (TPSA) is 69.1 Å². The number of fused-ring (bicyclic) bond motifs is 1.